The smallest absolute Gasteiger partial charge is 0.257 e. The summed E-state index contributed by atoms with van der Waals surface area (Å²) in [6.07, 6.45) is 3.26. The predicted octanol–water partition coefficient (Wildman–Crippen LogP) is 3.41. The standard InChI is InChI=1S/C17H21N3O2/c1-12(2)9-19-14-8-13(10-18-11-14)17(21)20-15-6-4-5-7-16(15)22-3/h4-8,10-12,19H,9H2,1-3H3,(H,20,21). The van der Waals surface area contributed by atoms with Crippen LogP contribution >= 0.6 is 0 Å². The number of pyridine rings is 1. The summed E-state index contributed by atoms with van der Waals surface area (Å²) in [5.74, 6) is 0.925. The third kappa shape index (κ3) is 4.22. The third-order valence-electron chi connectivity index (χ3n) is 3.07. The van der Waals surface area contributed by atoms with E-state index >= 15 is 0 Å². The molecular formula is C17H21N3O2. The number of methoxy groups -OCH3 is 1. The Morgan fingerprint density at radius 3 is 2.77 bits per heavy atom. The second kappa shape index (κ2) is 7.45. The van der Waals surface area contributed by atoms with Gasteiger partial charge in [-0.2, -0.15) is 0 Å². The Labute approximate surface area is 130 Å². The van der Waals surface area contributed by atoms with Gasteiger partial charge in [-0.15, -0.1) is 0 Å². The first-order valence-corrected chi connectivity index (χ1v) is 7.23. The number of carbonyl (C=O) groups is 1. The van der Waals surface area contributed by atoms with Crippen molar-refractivity contribution < 1.29 is 9.53 Å². The van der Waals surface area contributed by atoms with Crippen molar-refractivity contribution in [3.8, 4) is 5.75 Å². The summed E-state index contributed by atoms with van der Waals surface area (Å²) >= 11 is 0. The number of carbonyl (C=O) groups excluding carboxylic acids is 1. The minimum atomic E-state index is -0.217. The van der Waals surface area contributed by atoms with E-state index in [4.69, 9.17) is 4.74 Å². The molecule has 1 heterocycles. The molecule has 0 spiro atoms. The van der Waals surface area contributed by atoms with E-state index in [0.717, 1.165) is 12.2 Å². The van der Waals surface area contributed by atoms with Crippen molar-refractivity contribution in [2.75, 3.05) is 24.3 Å². The highest BCUT2D eigenvalue weighted by Crippen LogP contribution is 2.23. The number of amides is 1. The van der Waals surface area contributed by atoms with Gasteiger partial charge in [-0.1, -0.05) is 26.0 Å². The summed E-state index contributed by atoms with van der Waals surface area (Å²) < 4.78 is 5.23. The van der Waals surface area contributed by atoms with Crippen LogP contribution in [0.25, 0.3) is 0 Å². The summed E-state index contributed by atoms with van der Waals surface area (Å²) in [7, 11) is 1.57. The fourth-order valence-corrected chi connectivity index (χ4v) is 1.93. The summed E-state index contributed by atoms with van der Waals surface area (Å²) in [6, 6.07) is 9.09. The SMILES string of the molecule is COc1ccccc1NC(=O)c1cncc(NCC(C)C)c1. The lowest BCUT2D eigenvalue weighted by molar-refractivity contribution is 0.102. The molecule has 2 rings (SSSR count). The van der Waals surface area contributed by atoms with Crippen molar-refractivity contribution in [3.05, 3.63) is 48.3 Å². The zero-order valence-electron chi connectivity index (χ0n) is 13.1. The minimum absolute atomic E-state index is 0.217. The molecule has 5 nitrogen and oxygen atoms in total. The van der Waals surface area contributed by atoms with Crippen LogP contribution in [0.3, 0.4) is 0 Å². The zero-order valence-corrected chi connectivity index (χ0v) is 13.1. The number of hydrogen-bond donors (Lipinski definition) is 2. The maximum Gasteiger partial charge on any atom is 0.257 e. The number of aromatic nitrogens is 1. The average molecular weight is 299 g/mol. The van der Waals surface area contributed by atoms with Crippen molar-refractivity contribution in [3.63, 3.8) is 0 Å². The molecule has 0 aliphatic heterocycles. The highest BCUT2D eigenvalue weighted by molar-refractivity contribution is 6.05. The molecular weight excluding hydrogens is 278 g/mol. The van der Waals surface area contributed by atoms with Gasteiger partial charge in [0, 0.05) is 18.9 Å². The second-order valence-corrected chi connectivity index (χ2v) is 5.39. The van der Waals surface area contributed by atoms with E-state index in [1.807, 2.05) is 12.1 Å². The van der Waals surface area contributed by atoms with Crippen LogP contribution in [0.2, 0.25) is 0 Å². The Bertz CT molecular complexity index is 641. The predicted molar refractivity (Wildman–Crippen MR) is 88.5 cm³/mol. The molecule has 5 heteroatoms. The molecule has 0 fully saturated rings. The Kier molecular flexibility index (Phi) is 5.36. The van der Waals surface area contributed by atoms with Crippen LogP contribution in [0.1, 0.15) is 24.2 Å². The number of para-hydroxylation sites is 2. The molecule has 0 atom stereocenters. The fraction of sp³-hybridized carbons (Fsp3) is 0.294. The molecule has 1 aromatic heterocycles. The monoisotopic (exact) mass is 299 g/mol. The van der Waals surface area contributed by atoms with Gasteiger partial charge in [-0.05, 0) is 24.1 Å². The number of rotatable bonds is 6. The molecule has 0 radical (unpaired) electrons. The molecule has 0 unspecified atom stereocenters. The van der Waals surface area contributed by atoms with E-state index in [9.17, 15) is 4.79 Å². The number of hydrogen-bond acceptors (Lipinski definition) is 4. The van der Waals surface area contributed by atoms with Gasteiger partial charge < -0.3 is 15.4 Å². The number of benzene rings is 1. The topological polar surface area (TPSA) is 63.2 Å². The lowest BCUT2D eigenvalue weighted by Gasteiger charge is -2.11. The quantitative estimate of drug-likeness (QED) is 0.858. The van der Waals surface area contributed by atoms with Crippen LogP contribution in [-0.2, 0) is 0 Å². The van der Waals surface area contributed by atoms with Gasteiger partial charge in [0.25, 0.3) is 5.91 Å². The van der Waals surface area contributed by atoms with Crippen LogP contribution in [-0.4, -0.2) is 24.5 Å². The Balaban J connectivity index is 2.11. The first kappa shape index (κ1) is 15.8. The number of nitrogens with one attached hydrogen (secondary N) is 2. The van der Waals surface area contributed by atoms with Gasteiger partial charge in [0.2, 0.25) is 0 Å². The van der Waals surface area contributed by atoms with Crippen LogP contribution in [0.15, 0.2) is 42.7 Å². The average Bonchev–Trinajstić information content (AvgIpc) is 2.53. The largest absolute Gasteiger partial charge is 0.495 e. The maximum absolute atomic E-state index is 12.3. The minimum Gasteiger partial charge on any atom is -0.495 e. The first-order valence-electron chi connectivity index (χ1n) is 7.23. The van der Waals surface area contributed by atoms with Crippen molar-refractivity contribution in [2.24, 2.45) is 5.92 Å². The van der Waals surface area contributed by atoms with E-state index in [1.165, 1.54) is 0 Å². The summed E-state index contributed by atoms with van der Waals surface area (Å²) in [4.78, 5) is 16.5. The molecule has 2 N–H and O–H groups in total. The summed E-state index contributed by atoms with van der Waals surface area (Å²) in [5.41, 5.74) is 1.97. The fourth-order valence-electron chi connectivity index (χ4n) is 1.93. The lowest BCUT2D eigenvalue weighted by atomic mass is 10.2. The van der Waals surface area contributed by atoms with Gasteiger partial charge in [0.05, 0.1) is 24.0 Å². The van der Waals surface area contributed by atoms with Crippen molar-refractivity contribution in [1.82, 2.24) is 4.98 Å². The molecule has 0 aliphatic rings. The van der Waals surface area contributed by atoms with Crippen molar-refractivity contribution >= 4 is 17.3 Å². The lowest BCUT2D eigenvalue weighted by Crippen LogP contribution is -2.14. The van der Waals surface area contributed by atoms with E-state index in [-0.39, 0.29) is 5.91 Å². The van der Waals surface area contributed by atoms with Crippen LogP contribution in [0.5, 0.6) is 5.75 Å². The van der Waals surface area contributed by atoms with Gasteiger partial charge in [-0.25, -0.2) is 0 Å². The Morgan fingerprint density at radius 2 is 2.05 bits per heavy atom. The van der Waals surface area contributed by atoms with Crippen LogP contribution in [0.4, 0.5) is 11.4 Å². The normalized spacial score (nSPS) is 10.4. The third-order valence-corrected chi connectivity index (χ3v) is 3.07. The Hall–Kier alpha value is -2.56. The van der Waals surface area contributed by atoms with Gasteiger partial charge in [0.15, 0.2) is 0 Å². The molecule has 2 aromatic rings. The number of nitrogens with zero attached hydrogens (tertiary/aromatic N) is 1. The molecule has 116 valence electrons. The van der Waals surface area contributed by atoms with Gasteiger partial charge in [0.1, 0.15) is 5.75 Å². The summed E-state index contributed by atoms with van der Waals surface area (Å²) in [6.45, 7) is 5.08. The van der Waals surface area contributed by atoms with E-state index in [0.29, 0.717) is 22.9 Å². The van der Waals surface area contributed by atoms with E-state index in [2.05, 4.69) is 29.5 Å². The van der Waals surface area contributed by atoms with E-state index < -0.39 is 0 Å². The van der Waals surface area contributed by atoms with Crippen LogP contribution in [0, 0.1) is 5.92 Å². The molecule has 0 saturated carbocycles. The van der Waals surface area contributed by atoms with E-state index in [1.54, 1.807) is 37.7 Å². The summed E-state index contributed by atoms with van der Waals surface area (Å²) in [5, 5.41) is 6.10. The molecule has 0 aliphatic carbocycles. The Morgan fingerprint density at radius 1 is 1.27 bits per heavy atom. The van der Waals surface area contributed by atoms with Crippen LogP contribution < -0.4 is 15.4 Å². The molecule has 1 aromatic carbocycles. The maximum atomic E-state index is 12.3. The molecule has 1 amide bonds. The van der Waals surface area contributed by atoms with Gasteiger partial charge >= 0.3 is 0 Å². The number of ether oxygens (including phenoxy) is 1. The zero-order chi connectivity index (χ0) is 15.9. The first-order chi connectivity index (χ1) is 10.6. The molecule has 22 heavy (non-hydrogen) atoms. The van der Waals surface area contributed by atoms with Gasteiger partial charge in [-0.3, -0.25) is 9.78 Å². The van der Waals surface area contributed by atoms with Crippen molar-refractivity contribution in [2.45, 2.75) is 13.8 Å². The number of anilines is 2. The van der Waals surface area contributed by atoms with Crippen molar-refractivity contribution in [1.29, 1.82) is 0 Å². The molecule has 0 bridgehead atoms. The second-order valence-electron chi connectivity index (χ2n) is 5.39. The molecule has 0 saturated heterocycles. The highest BCUT2D eigenvalue weighted by atomic mass is 16.5. The highest BCUT2D eigenvalue weighted by Gasteiger charge is 2.10.